The lowest BCUT2D eigenvalue weighted by atomic mass is 10.0. The summed E-state index contributed by atoms with van der Waals surface area (Å²) in [4.78, 5) is 8.14. The number of anilines is 5. The minimum absolute atomic E-state index is 0.152. The van der Waals surface area contributed by atoms with Gasteiger partial charge in [-0.2, -0.15) is 13.2 Å². The molecule has 5 nitrogen and oxygen atoms in total. The van der Waals surface area contributed by atoms with Gasteiger partial charge in [0.1, 0.15) is 12.0 Å². The summed E-state index contributed by atoms with van der Waals surface area (Å²) in [5.74, 6) is 0.923. The van der Waals surface area contributed by atoms with E-state index >= 15 is 0 Å². The number of nitrogens with two attached hydrogens (primary N) is 1. The lowest BCUT2D eigenvalue weighted by Crippen LogP contribution is -2.08. The minimum atomic E-state index is -4.57. The summed E-state index contributed by atoms with van der Waals surface area (Å²) < 4.78 is 39.2. The Labute approximate surface area is 171 Å². The Morgan fingerprint density at radius 1 is 0.931 bits per heavy atom. The maximum absolute atomic E-state index is 13.1. The quantitative estimate of drug-likeness (QED) is 0.448. The van der Waals surface area contributed by atoms with Crippen LogP contribution in [0, 0.1) is 0 Å². The molecule has 0 radical (unpaired) electrons. The number of nitrogens with zero attached hydrogens (tertiary/aromatic N) is 2. The minimum Gasteiger partial charge on any atom is -0.393 e. The summed E-state index contributed by atoms with van der Waals surface area (Å²) in [6.07, 6.45) is -3.30. The normalized spacial score (nSPS) is 11.6. The van der Waals surface area contributed by atoms with Crippen LogP contribution in [0.3, 0.4) is 0 Å². The molecule has 2 aromatic carbocycles. The molecule has 0 saturated heterocycles. The number of alkyl halides is 3. The highest BCUT2D eigenvalue weighted by atomic mass is 35.5. The van der Waals surface area contributed by atoms with Gasteiger partial charge in [-0.3, -0.25) is 0 Å². The third-order valence-corrected chi connectivity index (χ3v) is 4.59. The average Bonchev–Trinajstić information content (AvgIpc) is 2.66. The summed E-state index contributed by atoms with van der Waals surface area (Å²) in [7, 11) is 0. The van der Waals surface area contributed by atoms with Gasteiger partial charge in [-0.25, -0.2) is 9.97 Å². The molecule has 29 heavy (non-hydrogen) atoms. The molecule has 0 atom stereocenters. The average molecular weight is 422 g/mol. The fourth-order valence-corrected chi connectivity index (χ4v) is 2.86. The molecule has 9 heteroatoms. The van der Waals surface area contributed by atoms with Crippen molar-refractivity contribution in [2.24, 2.45) is 0 Å². The van der Waals surface area contributed by atoms with Gasteiger partial charge in [0.25, 0.3) is 0 Å². The highest BCUT2D eigenvalue weighted by Gasteiger charge is 2.33. The van der Waals surface area contributed by atoms with Crippen molar-refractivity contribution < 1.29 is 13.2 Å². The van der Waals surface area contributed by atoms with E-state index in [4.69, 9.17) is 17.3 Å². The zero-order chi connectivity index (χ0) is 21.2. The van der Waals surface area contributed by atoms with Crippen LogP contribution in [0.5, 0.6) is 0 Å². The van der Waals surface area contributed by atoms with E-state index in [0.717, 1.165) is 11.8 Å². The van der Waals surface area contributed by atoms with Gasteiger partial charge in [0.05, 0.1) is 10.6 Å². The predicted molar refractivity (Wildman–Crippen MR) is 110 cm³/mol. The number of benzene rings is 2. The Balaban J connectivity index is 1.84. The van der Waals surface area contributed by atoms with Crippen molar-refractivity contribution in [3.05, 3.63) is 64.9 Å². The van der Waals surface area contributed by atoms with Gasteiger partial charge in [0.15, 0.2) is 11.6 Å². The van der Waals surface area contributed by atoms with Crippen molar-refractivity contribution in [1.29, 1.82) is 0 Å². The van der Waals surface area contributed by atoms with E-state index in [1.54, 1.807) is 0 Å². The Hall–Kier alpha value is -3.00. The Morgan fingerprint density at radius 3 is 2.03 bits per heavy atom. The maximum atomic E-state index is 13.1. The van der Waals surface area contributed by atoms with Crippen LogP contribution >= 0.6 is 11.6 Å². The second-order valence-electron chi connectivity index (χ2n) is 6.70. The van der Waals surface area contributed by atoms with E-state index in [9.17, 15) is 13.2 Å². The first-order valence-corrected chi connectivity index (χ1v) is 9.14. The number of rotatable bonds is 5. The Bertz CT molecular complexity index is 1000. The van der Waals surface area contributed by atoms with Gasteiger partial charge in [0, 0.05) is 11.4 Å². The summed E-state index contributed by atoms with van der Waals surface area (Å²) >= 11 is 5.65. The number of nitrogens with one attached hydrogen (secondary N) is 2. The molecule has 152 valence electrons. The fraction of sp³-hybridized carbons (Fsp3) is 0.200. The molecule has 0 aliphatic rings. The lowest BCUT2D eigenvalue weighted by molar-refractivity contribution is -0.137. The van der Waals surface area contributed by atoms with Crippen LogP contribution in [0.15, 0.2) is 48.8 Å². The standard InChI is InChI=1S/C20H19ClF3N5/c1-11(2)12-3-5-13(6-4-12)28-18-17(25)19(27-10-26-18)29-14-7-8-16(21)15(9-14)20(22,23)24/h3-11H,25H2,1-2H3,(H2,26,27,28,29). The number of halogens is 4. The third kappa shape index (κ3) is 4.89. The van der Waals surface area contributed by atoms with Gasteiger partial charge in [-0.05, 0) is 41.8 Å². The van der Waals surface area contributed by atoms with Crippen LogP contribution < -0.4 is 16.4 Å². The number of nitrogen functional groups attached to an aromatic ring is 1. The highest BCUT2D eigenvalue weighted by molar-refractivity contribution is 6.31. The number of aromatic nitrogens is 2. The van der Waals surface area contributed by atoms with E-state index in [1.165, 1.54) is 24.0 Å². The largest absolute Gasteiger partial charge is 0.417 e. The molecule has 0 aliphatic carbocycles. The third-order valence-electron chi connectivity index (χ3n) is 4.26. The molecule has 0 bridgehead atoms. The molecule has 0 aliphatic heterocycles. The first kappa shape index (κ1) is 20.7. The van der Waals surface area contributed by atoms with Gasteiger partial charge >= 0.3 is 6.18 Å². The van der Waals surface area contributed by atoms with E-state index in [2.05, 4.69) is 34.4 Å². The van der Waals surface area contributed by atoms with Gasteiger partial charge in [-0.1, -0.05) is 37.6 Å². The molecule has 1 aromatic heterocycles. The van der Waals surface area contributed by atoms with E-state index < -0.39 is 11.7 Å². The van der Waals surface area contributed by atoms with Gasteiger partial charge in [-0.15, -0.1) is 0 Å². The summed E-state index contributed by atoms with van der Waals surface area (Å²) in [6.45, 7) is 4.20. The molecular formula is C20H19ClF3N5. The topological polar surface area (TPSA) is 75.9 Å². The first-order valence-electron chi connectivity index (χ1n) is 8.76. The Morgan fingerprint density at radius 2 is 1.48 bits per heavy atom. The van der Waals surface area contributed by atoms with Crippen LogP contribution in [0.2, 0.25) is 5.02 Å². The Kier molecular flexibility index (Phi) is 5.83. The maximum Gasteiger partial charge on any atom is 0.417 e. The van der Waals surface area contributed by atoms with E-state index in [0.29, 0.717) is 11.7 Å². The van der Waals surface area contributed by atoms with Crippen molar-refractivity contribution in [3.63, 3.8) is 0 Å². The molecule has 0 saturated carbocycles. The summed E-state index contributed by atoms with van der Waals surface area (Å²) in [6, 6.07) is 11.3. The van der Waals surface area contributed by atoms with Crippen molar-refractivity contribution in [2.45, 2.75) is 25.9 Å². The SMILES string of the molecule is CC(C)c1ccc(Nc2ncnc(Nc3ccc(Cl)c(C(F)(F)F)c3)c2N)cc1. The molecule has 3 rings (SSSR count). The molecular weight excluding hydrogens is 403 g/mol. The smallest absolute Gasteiger partial charge is 0.393 e. The molecule has 3 aromatic rings. The van der Waals surface area contributed by atoms with Crippen molar-refractivity contribution in [2.75, 3.05) is 16.4 Å². The molecule has 0 amide bonds. The van der Waals surface area contributed by atoms with Gasteiger partial charge < -0.3 is 16.4 Å². The molecule has 1 heterocycles. The van der Waals surface area contributed by atoms with Crippen LogP contribution in [0.4, 0.5) is 41.9 Å². The monoisotopic (exact) mass is 421 g/mol. The second kappa shape index (κ2) is 8.16. The first-order chi connectivity index (χ1) is 13.6. The van der Waals surface area contributed by atoms with Crippen LogP contribution in [-0.4, -0.2) is 9.97 Å². The highest BCUT2D eigenvalue weighted by Crippen LogP contribution is 2.37. The molecule has 4 N–H and O–H groups in total. The van der Waals surface area contributed by atoms with E-state index in [1.807, 2.05) is 24.3 Å². The zero-order valence-corrected chi connectivity index (χ0v) is 16.4. The fourth-order valence-electron chi connectivity index (χ4n) is 2.64. The number of hydrogen-bond acceptors (Lipinski definition) is 5. The summed E-state index contributed by atoms with van der Waals surface area (Å²) in [5.41, 5.74) is 7.46. The summed E-state index contributed by atoms with van der Waals surface area (Å²) in [5, 5.41) is 5.50. The van der Waals surface area contributed by atoms with Crippen molar-refractivity contribution in [1.82, 2.24) is 9.97 Å². The van der Waals surface area contributed by atoms with Crippen molar-refractivity contribution >= 4 is 40.3 Å². The predicted octanol–water partition coefficient (Wildman–Crippen LogP) is 6.34. The van der Waals surface area contributed by atoms with Crippen molar-refractivity contribution in [3.8, 4) is 0 Å². The lowest BCUT2D eigenvalue weighted by Gasteiger charge is -2.15. The zero-order valence-electron chi connectivity index (χ0n) is 15.7. The molecule has 0 spiro atoms. The second-order valence-corrected chi connectivity index (χ2v) is 7.11. The molecule has 0 fully saturated rings. The van der Waals surface area contributed by atoms with Crippen LogP contribution in [0.1, 0.15) is 30.9 Å². The van der Waals surface area contributed by atoms with Crippen LogP contribution in [-0.2, 0) is 6.18 Å². The molecule has 0 unspecified atom stereocenters. The van der Waals surface area contributed by atoms with Crippen LogP contribution in [0.25, 0.3) is 0 Å². The van der Waals surface area contributed by atoms with E-state index in [-0.39, 0.29) is 22.2 Å². The number of hydrogen-bond donors (Lipinski definition) is 3. The van der Waals surface area contributed by atoms with Gasteiger partial charge in [0.2, 0.25) is 0 Å².